The molecular formula is C18H26N2O3. The Morgan fingerprint density at radius 1 is 1.26 bits per heavy atom. The van der Waals surface area contributed by atoms with Crippen LogP contribution < -0.4 is 20.1 Å². The molecule has 1 amide bonds. The van der Waals surface area contributed by atoms with Gasteiger partial charge >= 0.3 is 0 Å². The summed E-state index contributed by atoms with van der Waals surface area (Å²) in [4.78, 5) is 12.3. The number of hydrogen-bond donors (Lipinski definition) is 2. The number of piperidine rings is 1. The summed E-state index contributed by atoms with van der Waals surface area (Å²) >= 11 is 0. The monoisotopic (exact) mass is 318 g/mol. The fourth-order valence-corrected chi connectivity index (χ4v) is 3.69. The molecular weight excluding hydrogens is 292 g/mol. The highest BCUT2D eigenvalue weighted by atomic mass is 16.5. The van der Waals surface area contributed by atoms with Crippen LogP contribution in [0.3, 0.4) is 0 Å². The molecule has 1 saturated heterocycles. The number of nitrogens with one attached hydrogen (secondary N) is 2. The highest BCUT2D eigenvalue weighted by Gasteiger charge is 2.57. The zero-order valence-electron chi connectivity index (χ0n) is 14.0. The van der Waals surface area contributed by atoms with Crippen molar-refractivity contribution in [2.24, 2.45) is 11.3 Å². The van der Waals surface area contributed by atoms with Gasteiger partial charge < -0.3 is 20.1 Å². The molecule has 2 N–H and O–H groups in total. The van der Waals surface area contributed by atoms with Gasteiger partial charge in [-0.05, 0) is 61.9 Å². The maximum Gasteiger partial charge on any atom is 0.223 e. The Hall–Kier alpha value is -1.75. The summed E-state index contributed by atoms with van der Waals surface area (Å²) < 4.78 is 10.5. The number of benzene rings is 1. The van der Waals surface area contributed by atoms with Gasteiger partial charge in [-0.1, -0.05) is 6.07 Å². The molecule has 1 unspecified atom stereocenters. The molecule has 1 aliphatic carbocycles. The van der Waals surface area contributed by atoms with Gasteiger partial charge in [0.1, 0.15) is 0 Å². The van der Waals surface area contributed by atoms with Crippen molar-refractivity contribution < 1.29 is 14.3 Å². The molecule has 1 heterocycles. The van der Waals surface area contributed by atoms with E-state index in [0.29, 0.717) is 12.0 Å². The van der Waals surface area contributed by atoms with Crippen molar-refractivity contribution in [2.45, 2.75) is 25.7 Å². The Bertz CT molecular complexity index is 567. The van der Waals surface area contributed by atoms with Crippen molar-refractivity contribution >= 4 is 5.91 Å². The molecule has 1 atom stereocenters. The van der Waals surface area contributed by atoms with Crippen LogP contribution in [0, 0.1) is 11.3 Å². The zero-order valence-corrected chi connectivity index (χ0v) is 14.0. The van der Waals surface area contributed by atoms with E-state index in [9.17, 15) is 4.79 Å². The Balaban J connectivity index is 1.47. The molecule has 0 aromatic heterocycles. The SMILES string of the molecule is COc1ccc(CCNC(=O)C2CC23CCNCC3)cc1OC. The summed E-state index contributed by atoms with van der Waals surface area (Å²) in [6.07, 6.45) is 4.14. The number of methoxy groups -OCH3 is 2. The van der Waals surface area contributed by atoms with Gasteiger partial charge in [0, 0.05) is 12.5 Å². The van der Waals surface area contributed by atoms with E-state index in [-0.39, 0.29) is 11.8 Å². The maximum absolute atomic E-state index is 12.3. The van der Waals surface area contributed by atoms with Crippen LogP contribution in [0.25, 0.3) is 0 Å². The quantitative estimate of drug-likeness (QED) is 0.839. The third-order valence-corrected chi connectivity index (χ3v) is 5.27. The van der Waals surface area contributed by atoms with E-state index in [1.807, 2.05) is 18.2 Å². The first-order chi connectivity index (χ1) is 11.2. The first-order valence-corrected chi connectivity index (χ1v) is 8.38. The van der Waals surface area contributed by atoms with Crippen molar-refractivity contribution in [2.75, 3.05) is 33.9 Å². The molecule has 5 heteroatoms. The number of ether oxygens (including phenoxy) is 2. The van der Waals surface area contributed by atoms with E-state index in [4.69, 9.17) is 9.47 Å². The van der Waals surface area contributed by atoms with Gasteiger partial charge in [-0.25, -0.2) is 0 Å². The third kappa shape index (κ3) is 3.44. The van der Waals surface area contributed by atoms with E-state index in [1.54, 1.807) is 14.2 Å². The highest BCUT2D eigenvalue weighted by molar-refractivity contribution is 5.82. The van der Waals surface area contributed by atoms with E-state index in [1.165, 1.54) is 0 Å². The maximum atomic E-state index is 12.3. The molecule has 1 aliphatic heterocycles. The van der Waals surface area contributed by atoms with Crippen LogP contribution in [0.15, 0.2) is 18.2 Å². The number of amides is 1. The minimum atomic E-state index is 0.229. The molecule has 0 bridgehead atoms. The minimum absolute atomic E-state index is 0.229. The van der Waals surface area contributed by atoms with Crippen LogP contribution >= 0.6 is 0 Å². The number of hydrogen-bond acceptors (Lipinski definition) is 4. The first kappa shape index (κ1) is 16.1. The summed E-state index contributed by atoms with van der Waals surface area (Å²) in [6, 6.07) is 5.89. The fourth-order valence-electron chi connectivity index (χ4n) is 3.69. The normalized spacial score (nSPS) is 21.7. The third-order valence-electron chi connectivity index (χ3n) is 5.27. The summed E-state index contributed by atoms with van der Waals surface area (Å²) in [5.41, 5.74) is 1.44. The molecule has 5 nitrogen and oxygen atoms in total. The Morgan fingerprint density at radius 3 is 2.70 bits per heavy atom. The van der Waals surface area contributed by atoms with Crippen molar-refractivity contribution in [1.29, 1.82) is 0 Å². The van der Waals surface area contributed by atoms with E-state index < -0.39 is 0 Å². The molecule has 1 aromatic carbocycles. The van der Waals surface area contributed by atoms with Crippen LogP contribution in [-0.2, 0) is 11.2 Å². The van der Waals surface area contributed by atoms with Gasteiger partial charge in [0.05, 0.1) is 14.2 Å². The van der Waals surface area contributed by atoms with Gasteiger partial charge in [0.25, 0.3) is 0 Å². The Kier molecular flexibility index (Phi) is 4.76. The summed E-state index contributed by atoms with van der Waals surface area (Å²) in [5, 5.41) is 6.47. The predicted octanol–water partition coefficient (Wildman–Crippen LogP) is 1.75. The smallest absolute Gasteiger partial charge is 0.223 e. The molecule has 2 aliphatic rings. The van der Waals surface area contributed by atoms with Crippen LogP contribution in [0.4, 0.5) is 0 Å². The summed E-state index contributed by atoms with van der Waals surface area (Å²) in [7, 11) is 3.26. The lowest BCUT2D eigenvalue weighted by molar-refractivity contribution is -0.123. The first-order valence-electron chi connectivity index (χ1n) is 8.38. The van der Waals surface area contributed by atoms with E-state index in [2.05, 4.69) is 10.6 Å². The van der Waals surface area contributed by atoms with Gasteiger partial charge in [0.2, 0.25) is 5.91 Å². The molecule has 2 fully saturated rings. The lowest BCUT2D eigenvalue weighted by Crippen LogP contribution is -2.34. The molecule has 3 rings (SSSR count). The van der Waals surface area contributed by atoms with E-state index in [0.717, 1.165) is 55.8 Å². The van der Waals surface area contributed by atoms with Crippen molar-refractivity contribution in [3.8, 4) is 11.5 Å². The molecule has 1 spiro atoms. The average Bonchev–Trinajstić information content (AvgIpc) is 3.28. The highest BCUT2D eigenvalue weighted by Crippen LogP contribution is 2.58. The van der Waals surface area contributed by atoms with Crippen LogP contribution in [0.2, 0.25) is 0 Å². The van der Waals surface area contributed by atoms with E-state index >= 15 is 0 Å². The van der Waals surface area contributed by atoms with Crippen LogP contribution in [0.1, 0.15) is 24.8 Å². The van der Waals surface area contributed by atoms with Crippen LogP contribution in [0.5, 0.6) is 11.5 Å². The number of carbonyl (C=O) groups is 1. The molecule has 126 valence electrons. The second kappa shape index (κ2) is 6.79. The lowest BCUT2D eigenvalue weighted by atomic mass is 9.92. The van der Waals surface area contributed by atoms with Crippen molar-refractivity contribution in [3.63, 3.8) is 0 Å². The fraction of sp³-hybridized carbons (Fsp3) is 0.611. The largest absolute Gasteiger partial charge is 0.493 e. The summed E-state index contributed by atoms with van der Waals surface area (Å²) in [6.45, 7) is 2.77. The van der Waals surface area contributed by atoms with Gasteiger partial charge in [-0.2, -0.15) is 0 Å². The molecule has 23 heavy (non-hydrogen) atoms. The minimum Gasteiger partial charge on any atom is -0.493 e. The second-order valence-electron chi connectivity index (χ2n) is 6.60. The lowest BCUT2D eigenvalue weighted by Gasteiger charge is -2.23. The summed E-state index contributed by atoms with van der Waals surface area (Å²) in [5.74, 6) is 1.92. The second-order valence-corrected chi connectivity index (χ2v) is 6.60. The topological polar surface area (TPSA) is 59.6 Å². The van der Waals surface area contributed by atoms with Gasteiger partial charge in [0.15, 0.2) is 11.5 Å². The number of rotatable bonds is 6. The Labute approximate surface area is 137 Å². The standard InChI is InChI=1S/C18H26N2O3/c1-22-15-4-3-13(11-16(15)23-2)5-8-20-17(21)14-12-18(14)6-9-19-10-7-18/h3-4,11,14,19H,5-10,12H2,1-2H3,(H,20,21). The Morgan fingerprint density at radius 2 is 2.00 bits per heavy atom. The number of carbonyl (C=O) groups excluding carboxylic acids is 1. The molecule has 0 radical (unpaired) electrons. The van der Waals surface area contributed by atoms with Crippen molar-refractivity contribution in [3.05, 3.63) is 23.8 Å². The van der Waals surface area contributed by atoms with Gasteiger partial charge in [-0.3, -0.25) is 4.79 Å². The van der Waals surface area contributed by atoms with Crippen molar-refractivity contribution in [1.82, 2.24) is 10.6 Å². The van der Waals surface area contributed by atoms with Crippen LogP contribution in [-0.4, -0.2) is 39.8 Å². The molecule has 1 aromatic rings. The molecule has 1 saturated carbocycles. The predicted molar refractivity (Wildman–Crippen MR) is 88.9 cm³/mol. The average molecular weight is 318 g/mol. The zero-order chi connectivity index (χ0) is 16.3. The van der Waals surface area contributed by atoms with Gasteiger partial charge in [-0.15, -0.1) is 0 Å².